The van der Waals surface area contributed by atoms with Crippen molar-refractivity contribution in [3.8, 4) is 0 Å². The van der Waals surface area contributed by atoms with Gasteiger partial charge in [-0.25, -0.2) is 15.0 Å². The van der Waals surface area contributed by atoms with Gasteiger partial charge in [-0.15, -0.1) is 11.3 Å². The topological polar surface area (TPSA) is 91.8 Å². The van der Waals surface area contributed by atoms with Gasteiger partial charge in [0, 0.05) is 18.4 Å². The number of aryl methyl sites for hydroxylation is 2. The van der Waals surface area contributed by atoms with Gasteiger partial charge < -0.3 is 9.88 Å². The van der Waals surface area contributed by atoms with Gasteiger partial charge in [-0.2, -0.15) is 0 Å². The number of aromatic amines is 1. The Morgan fingerprint density at radius 2 is 2.00 bits per heavy atom. The molecule has 0 aliphatic rings. The lowest BCUT2D eigenvalue weighted by atomic mass is 10.4. The van der Waals surface area contributed by atoms with Gasteiger partial charge in [-0.1, -0.05) is 11.8 Å². The number of thioether (sulfide) groups is 1. The number of hydrogen-bond donors (Lipinski definition) is 1. The molecule has 0 unspecified atom stereocenters. The third-order valence-electron chi connectivity index (χ3n) is 3.46. The minimum absolute atomic E-state index is 0.0826. The second-order valence-electron chi connectivity index (χ2n) is 5.62. The fourth-order valence-corrected chi connectivity index (χ4v) is 3.92. The summed E-state index contributed by atoms with van der Waals surface area (Å²) in [5.74, 6) is 0.616. The number of carbonyl (C=O) groups excluding carboxylic acids is 1. The minimum Gasteiger partial charge on any atom is -0.338 e. The monoisotopic (exact) mass is 375 g/mol. The number of rotatable bonds is 5. The van der Waals surface area contributed by atoms with Crippen LogP contribution in [0.15, 0.2) is 27.5 Å². The maximum atomic E-state index is 12.3. The molecule has 0 spiro atoms. The number of aromatic nitrogens is 4. The van der Waals surface area contributed by atoms with Crippen molar-refractivity contribution in [1.29, 1.82) is 0 Å². The number of thiophene rings is 1. The molecule has 0 saturated heterocycles. The normalized spacial score (nSPS) is 11.0. The van der Waals surface area contributed by atoms with Crippen LogP contribution < -0.4 is 5.56 Å². The third kappa shape index (κ3) is 4.23. The van der Waals surface area contributed by atoms with E-state index in [9.17, 15) is 9.59 Å². The Bertz CT molecular complexity index is 962. The van der Waals surface area contributed by atoms with E-state index in [2.05, 4.69) is 19.9 Å². The predicted octanol–water partition coefficient (Wildman–Crippen LogP) is 2.14. The van der Waals surface area contributed by atoms with Gasteiger partial charge in [-0.3, -0.25) is 9.59 Å². The van der Waals surface area contributed by atoms with E-state index in [1.165, 1.54) is 28.0 Å². The molecule has 3 rings (SSSR count). The molecule has 0 fully saturated rings. The third-order valence-corrected chi connectivity index (χ3v) is 5.20. The highest BCUT2D eigenvalue weighted by molar-refractivity contribution is 7.99. The Kier molecular flexibility index (Phi) is 5.14. The van der Waals surface area contributed by atoms with Crippen LogP contribution in [-0.2, 0) is 11.3 Å². The van der Waals surface area contributed by atoms with Crippen LogP contribution >= 0.6 is 23.1 Å². The Morgan fingerprint density at radius 3 is 2.72 bits per heavy atom. The zero-order valence-corrected chi connectivity index (χ0v) is 15.7. The lowest BCUT2D eigenvalue weighted by Gasteiger charge is -2.16. The number of H-pyrrole nitrogens is 1. The van der Waals surface area contributed by atoms with Crippen molar-refractivity contribution < 1.29 is 4.79 Å². The molecule has 3 aromatic rings. The summed E-state index contributed by atoms with van der Waals surface area (Å²) in [4.78, 5) is 41.6. The van der Waals surface area contributed by atoms with Crippen LogP contribution in [0.4, 0.5) is 0 Å². The van der Waals surface area contributed by atoms with Crippen molar-refractivity contribution >= 4 is 39.2 Å². The van der Waals surface area contributed by atoms with Crippen LogP contribution in [0.1, 0.15) is 17.2 Å². The number of amides is 1. The van der Waals surface area contributed by atoms with E-state index in [1.54, 1.807) is 13.1 Å². The number of fused-ring (bicyclic) bond motifs is 1. The minimum atomic E-state index is -0.172. The van der Waals surface area contributed by atoms with Gasteiger partial charge in [0.1, 0.15) is 10.5 Å². The van der Waals surface area contributed by atoms with Crippen LogP contribution in [-0.4, -0.2) is 43.5 Å². The summed E-state index contributed by atoms with van der Waals surface area (Å²) in [5, 5.41) is 2.41. The average molecular weight is 375 g/mol. The Balaban J connectivity index is 1.64. The first-order valence-corrected chi connectivity index (χ1v) is 9.44. The Labute approximate surface area is 152 Å². The molecule has 1 amide bonds. The largest absolute Gasteiger partial charge is 0.338 e. The van der Waals surface area contributed by atoms with E-state index in [-0.39, 0.29) is 23.8 Å². The highest BCUT2D eigenvalue weighted by Crippen LogP contribution is 2.16. The summed E-state index contributed by atoms with van der Waals surface area (Å²) >= 11 is 2.65. The fraction of sp³-hybridized carbons (Fsp3) is 0.312. The molecular formula is C16H17N5O2S2. The molecule has 3 heterocycles. The number of nitrogens with zero attached hydrogens (tertiary/aromatic N) is 4. The van der Waals surface area contributed by atoms with Gasteiger partial charge in [-0.05, 0) is 31.4 Å². The number of nitrogens with one attached hydrogen (secondary N) is 1. The Hall–Kier alpha value is -2.26. The van der Waals surface area contributed by atoms with Crippen molar-refractivity contribution in [3.05, 3.63) is 45.1 Å². The molecule has 0 bridgehead atoms. The van der Waals surface area contributed by atoms with E-state index < -0.39 is 0 Å². The second kappa shape index (κ2) is 7.32. The van der Waals surface area contributed by atoms with Gasteiger partial charge in [0.2, 0.25) is 5.91 Å². The molecular weight excluding hydrogens is 358 g/mol. The van der Waals surface area contributed by atoms with Crippen LogP contribution in [0.2, 0.25) is 0 Å². The zero-order valence-electron chi connectivity index (χ0n) is 14.1. The molecule has 3 aromatic heterocycles. The first-order chi connectivity index (χ1) is 11.9. The van der Waals surface area contributed by atoms with Crippen molar-refractivity contribution in [2.45, 2.75) is 25.5 Å². The van der Waals surface area contributed by atoms with Gasteiger partial charge in [0.25, 0.3) is 5.56 Å². The molecule has 7 nitrogen and oxygen atoms in total. The summed E-state index contributed by atoms with van der Waals surface area (Å²) in [6, 6.07) is 3.69. The zero-order chi connectivity index (χ0) is 18.0. The molecule has 25 heavy (non-hydrogen) atoms. The molecule has 0 aliphatic heterocycles. The fourth-order valence-electron chi connectivity index (χ4n) is 2.30. The molecule has 130 valence electrons. The second-order valence-corrected chi connectivity index (χ2v) is 7.48. The van der Waals surface area contributed by atoms with E-state index in [0.717, 1.165) is 11.4 Å². The van der Waals surface area contributed by atoms with E-state index in [1.807, 2.05) is 25.3 Å². The van der Waals surface area contributed by atoms with E-state index in [4.69, 9.17) is 0 Å². The SMILES string of the molecule is Cc1cc(C)nc(SCC(=O)N(C)Cc2nc3ccsc3c(=O)[nH]2)n1. The molecule has 0 radical (unpaired) electrons. The lowest BCUT2D eigenvalue weighted by Crippen LogP contribution is -2.29. The summed E-state index contributed by atoms with van der Waals surface area (Å²) in [6.45, 7) is 4.04. The molecule has 0 aromatic carbocycles. The summed E-state index contributed by atoms with van der Waals surface area (Å²) in [5.41, 5.74) is 2.24. The first kappa shape index (κ1) is 17.6. The van der Waals surface area contributed by atoms with Gasteiger partial charge in [0.15, 0.2) is 5.16 Å². The molecule has 0 aliphatic carbocycles. The highest BCUT2D eigenvalue weighted by atomic mass is 32.2. The summed E-state index contributed by atoms with van der Waals surface area (Å²) in [6.07, 6.45) is 0. The van der Waals surface area contributed by atoms with Gasteiger partial charge >= 0.3 is 0 Å². The first-order valence-electron chi connectivity index (χ1n) is 7.58. The van der Waals surface area contributed by atoms with Crippen LogP contribution in [0.3, 0.4) is 0 Å². The van der Waals surface area contributed by atoms with Gasteiger partial charge in [0.05, 0.1) is 17.8 Å². The van der Waals surface area contributed by atoms with E-state index >= 15 is 0 Å². The van der Waals surface area contributed by atoms with Crippen molar-refractivity contribution in [2.75, 3.05) is 12.8 Å². The molecule has 0 saturated carbocycles. The highest BCUT2D eigenvalue weighted by Gasteiger charge is 2.13. The smallest absolute Gasteiger partial charge is 0.268 e. The lowest BCUT2D eigenvalue weighted by molar-refractivity contribution is -0.127. The number of carbonyl (C=O) groups is 1. The Morgan fingerprint density at radius 1 is 1.28 bits per heavy atom. The van der Waals surface area contributed by atoms with Crippen molar-refractivity contribution in [2.24, 2.45) is 0 Å². The summed E-state index contributed by atoms with van der Waals surface area (Å²) < 4.78 is 0.597. The van der Waals surface area contributed by atoms with E-state index in [0.29, 0.717) is 21.2 Å². The molecule has 9 heteroatoms. The van der Waals surface area contributed by atoms with Crippen molar-refractivity contribution in [3.63, 3.8) is 0 Å². The predicted molar refractivity (Wildman–Crippen MR) is 98.9 cm³/mol. The molecule has 0 atom stereocenters. The van der Waals surface area contributed by atoms with Crippen LogP contribution in [0.25, 0.3) is 10.2 Å². The van der Waals surface area contributed by atoms with Crippen molar-refractivity contribution in [1.82, 2.24) is 24.8 Å². The quantitative estimate of drug-likeness (QED) is 0.543. The average Bonchev–Trinajstić information content (AvgIpc) is 3.00. The standard InChI is InChI=1S/C16H17N5O2S2/c1-9-6-10(2)18-16(17-9)25-8-13(22)21(3)7-12-19-11-4-5-24-14(11)15(23)20-12/h4-6H,7-8H2,1-3H3,(H,19,20,23). The van der Waals surface area contributed by atoms with Crippen LogP contribution in [0.5, 0.6) is 0 Å². The maximum absolute atomic E-state index is 12.3. The molecule has 1 N–H and O–H groups in total. The maximum Gasteiger partial charge on any atom is 0.268 e. The van der Waals surface area contributed by atoms with Crippen LogP contribution in [0, 0.1) is 13.8 Å². The number of hydrogen-bond acceptors (Lipinski definition) is 7. The summed E-state index contributed by atoms with van der Waals surface area (Å²) in [7, 11) is 1.68.